The number of hydrogen-bond donors (Lipinski definition) is 2. The molecule has 0 fully saturated rings. The van der Waals surface area contributed by atoms with E-state index in [1.165, 1.54) is 12.1 Å². The molecule has 0 atom stereocenters. The summed E-state index contributed by atoms with van der Waals surface area (Å²) in [6.07, 6.45) is 0. The Bertz CT molecular complexity index is 507. The molecule has 0 aliphatic carbocycles. The predicted molar refractivity (Wildman–Crippen MR) is 83.9 cm³/mol. The van der Waals surface area contributed by atoms with Crippen molar-refractivity contribution in [3.05, 3.63) is 27.2 Å². The van der Waals surface area contributed by atoms with Crippen molar-refractivity contribution >= 4 is 46.4 Å². The van der Waals surface area contributed by atoms with Crippen LogP contribution in [0.2, 0.25) is 15.1 Å². The third kappa shape index (κ3) is 4.50. The molecule has 20 heavy (non-hydrogen) atoms. The maximum Gasteiger partial charge on any atom is 0.238 e. The first-order valence-electron chi connectivity index (χ1n) is 5.94. The van der Waals surface area contributed by atoms with Gasteiger partial charge in [-0.25, -0.2) is 0 Å². The van der Waals surface area contributed by atoms with Crippen LogP contribution in [0.1, 0.15) is 13.8 Å². The largest absolute Gasteiger partial charge is 0.394 e. The van der Waals surface area contributed by atoms with Crippen LogP contribution in [0.4, 0.5) is 5.69 Å². The Kier molecular flexibility index (Phi) is 6.10. The average Bonchev–Trinajstić information content (AvgIpc) is 2.35. The lowest BCUT2D eigenvalue weighted by Crippen LogP contribution is -2.47. The summed E-state index contributed by atoms with van der Waals surface area (Å²) in [5.74, 6) is -0.255. The lowest BCUT2D eigenvalue weighted by molar-refractivity contribution is -0.118. The van der Waals surface area contributed by atoms with Crippen molar-refractivity contribution in [3.63, 3.8) is 0 Å². The minimum Gasteiger partial charge on any atom is -0.394 e. The topological polar surface area (TPSA) is 52.6 Å². The van der Waals surface area contributed by atoms with Gasteiger partial charge in [-0.3, -0.25) is 9.69 Å². The molecule has 2 N–H and O–H groups in total. The van der Waals surface area contributed by atoms with Gasteiger partial charge >= 0.3 is 0 Å². The van der Waals surface area contributed by atoms with Crippen LogP contribution in [0.15, 0.2) is 12.1 Å². The standard InChI is InChI=1S/C13H17Cl3N2O2/c1-13(2,7-19)18(3)6-12(20)17-11-5-9(15)8(14)4-10(11)16/h4-5,19H,6-7H2,1-3H3,(H,17,20). The van der Waals surface area contributed by atoms with E-state index in [0.717, 1.165) is 0 Å². The summed E-state index contributed by atoms with van der Waals surface area (Å²) >= 11 is 17.7. The van der Waals surface area contributed by atoms with Crippen molar-refractivity contribution in [2.75, 3.05) is 25.5 Å². The number of likely N-dealkylation sites (N-methyl/N-ethyl adjacent to an activating group) is 1. The normalized spacial score (nSPS) is 11.8. The maximum atomic E-state index is 12.0. The minimum atomic E-state index is -0.487. The smallest absolute Gasteiger partial charge is 0.238 e. The van der Waals surface area contributed by atoms with Crippen molar-refractivity contribution < 1.29 is 9.90 Å². The number of rotatable bonds is 5. The highest BCUT2D eigenvalue weighted by molar-refractivity contribution is 6.44. The molecule has 0 aliphatic heterocycles. The zero-order valence-electron chi connectivity index (χ0n) is 11.5. The highest BCUT2D eigenvalue weighted by Crippen LogP contribution is 2.32. The van der Waals surface area contributed by atoms with Gasteiger partial charge in [0.15, 0.2) is 0 Å². The van der Waals surface area contributed by atoms with Gasteiger partial charge in [-0.15, -0.1) is 0 Å². The molecule has 1 amide bonds. The molecule has 1 aromatic carbocycles. The number of carbonyl (C=O) groups excluding carboxylic acids is 1. The summed E-state index contributed by atoms with van der Waals surface area (Å²) in [5, 5.41) is 12.9. The first-order valence-corrected chi connectivity index (χ1v) is 7.07. The van der Waals surface area contributed by atoms with E-state index in [1.54, 1.807) is 11.9 Å². The summed E-state index contributed by atoms with van der Waals surface area (Å²) in [5.41, 5.74) is -0.0834. The van der Waals surface area contributed by atoms with Crippen LogP contribution in [-0.4, -0.2) is 41.7 Å². The van der Waals surface area contributed by atoms with Crippen LogP contribution in [0.3, 0.4) is 0 Å². The lowest BCUT2D eigenvalue weighted by atomic mass is 10.1. The SMILES string of the molecule is CN(CC(=O)Nc1cc(Cl)c(Cl)cc1Cl)C(C)(C)CO. The van der Waals surface area contributed by atoms with E-state index in [1.807, 2.05) is 13.8 Å². The molecular formula is C13H17Cl3N2O2. The van der Waals surface area contributed by atoms with Crippen molar-refractivity contribution in [1.82, 2.24) is 4.90 Å². The van der Waals surface area contributed by atoms with Crippen molar-refractivity contribution in [3.8, 4) is 0 Å². The van der Waals surface area contributed by atoms with Gasteiger partial charge in [-0.2, -0.15) is 0 Å². The van der Waals surface area contributed by atoms with Crippen LogP contribution in [-0.2, 0) is 4.79 Å². The van der Waals surface area contributed by atoms with Gasteiger partial charge in [0.1, 0.15) is 0 Å². The number of benzene rings is 1. The highest BCUT2D eigenvalue weighted by Gasteiger charge is 2.24. The van der Waals surface area contributed by atoms with Gasteiger partial charge in [0, 0.05) is 5.54 Å². The molecule has 0 saturated carbocycles. The summed E-state index contributed by atoms with van der Waals surface area (Å²) in [4.78, 5) is 13.7. The van der Waals surface area contributed by atoms with E-state index >= 15 is 0 Å². The van der Waals surface area contributed by atoms with E-state index < -0.39 is 5.54 Å². The van der Waals surface area contributed by atoms with Gasteiger partial charge in [0.25, 0.3) is 0 Å². The molecule has 4 nitrogen and oxygen atoms in total. The number of halogens is 3. The predicted octanol–water partition coefficient (Wildman–Crippen LogP) is 3.29. The van der Waals surface area contributed by atoms with Crippen LogP contribution in [0.25, 0.3) is 0 Å². The molecule has 0 heterocycles. The summed E-state index contributed by atoms with van der Waals surface area (Å²) < 4.78 is 0. The molecule has 112 valence electrons. The molecule has 1 rings (SSSR count). The second kappa shape index (κ2) is 6.96. The van der Waals surface area contributed by atoms with E-state index in [0.29, 0.717) is 20.8 Å². The fourth-order valence-corrected chi connectivity index (χ4v) is 1.95. The van der Waals surface area contributed by atoms with E-state index in [2.05, 4.69) is 5.32 Å². The maximum absolute atomic E-state index is 12.0. The average molecular weight is 340 g/mol. The minimum absolute atomic E-state index is 0.0513. The zero-order valence-corrected chi connectivity index (χ0v) is 13.8. The Labute approximate surface area is 133 Å². The van der Waals surface area contributed by atoms with E-state index in [9.17, 15) is 9.90 Å². The van der Waals surface area contributed by atoms with Gasteiger partial charge in [-0.1, -0.05) is 34.8 Å². The molecule has 7 heteroatoms. The molecule has 1 aromatic rings. The van der Waals surface area contributed by atoms with Gasteiger partial charge in [0.2, 0.25) is 5.91 Å². The molecule has 0 bridgehead atoms. The number of hydrogen-bond acceptors (Lipinski definition) is 3. The number of aliphatic hydroxyl groups is 1. The van der Waals surface area contributed by atoms with Gasteiger partial charge in [0.05, 0.1) is 33.9 Å². The monoisotopic (exact) mass is 338 g/mol. The van der Waals surface area contributed by atoms with Gasteiger partial charge in [-0.05, 0) is 33.0 Å². The Morgan fingerprint density at radius 3 is 2.35 bits per heavy atom. The number of nitrogens with zero attached hydrogens (tertiary/aromatic N) is 1. The third-order valence-electron chi connectivity index (χ3n) is 3.09. The number of anilines is 1. The number of amides is 1. The first-order chi connectivity index (χ1) is 9.17. The van der Waals surface area contributed by atoms with Crippen molar-refractivity contribution in [2.24, 2.45) is 0 Å². The van der Waals surface area contributed by atoms with Gasteiger partial charge < -0.3 is 10.4 Å². The molecule has 0 unspecified atom stereocenters. The lowest BCUT2D eigenvalue weighted by Gasteiger charge is -2.33. The van der Waals surface area contributed by atoms with Crippen LogP contribution < -0.4 is 5.32 Å². The highest BCUT2D eigenvalue weighted by atomic mass is 35.5. The summed E-state index contributed by atoms with van der Waals surface area (Å²) in [7, 11) is 1.76. The zero-order chi connectivity index (χ0) is 15.5. The molecule has 0 aromatic heterocycles. The molecule has 0 spiro atoms. The Hall–Kier alpha value is -0.520. The quantitative estimate of drug-likeness (QED) is 0.809. The number of carbonyl (C=O) groups is 1. The van der Waals surface area contributed by atoms with Crippen LogP contribution in [0.5, 0.6) is 0 Å². The van der Waals surface area contributed by atoms with Crippen LogP contribution in [0, 0.1) is 0 Å². The van der Waals surface area contributed by atoms with E-state index in [4.69, 9.17) is 34.8 Å². The fourth-order valence-electron chi connectivity index (χ4n) is 1.36. The second-order valence-corrected chi connectivity index (χ2v) is 6.34. The summed E-state index contributed by atoms with van der Waals surface area (Å²) in [6.45, 7) is 3.74. The summed E-state index contributed by atoms with van der Waals surface area (Å²) in [6, 6.07) is 2.98. The third-order valence-corrected chi connectivity index (χ3v) is 4.12. The molecule has 0 radical (unpaired) electrons. The molecule has 0 aliphatic rings. The fraction of sp³-hybridized carbons (Fsp3) is 0.462. The Morgan fingerprint density at radius 1 is 1.25 bits per heavy atom. The van der Waals surface area contributed by atoms with E-state index in [-0.39, 0.29) is 19.1 Å². The van der Waals surface area contributed by atoms with Crippen molar-refractivity contribution in [2.45, 2.75) is 19.4 Å². The molecule has 0 saturated heterocycles. The van der Waals surface area contributed by atoms with Crippen molar-refractivity contribution in [1.29, 1.82) is 0 Å². The number of aliphatic hydroxyl groups excluding tert-OH is 1. The molecular weight excluding hydrogens is 323 g/mol. The second-order valence-electron chi connectivity index (χ2n) is 5.12. The number of nitrogens with one attached hydrogen (secondary N) is 1. The Morgan fingerprint density at radius 2 is 1.80 bits per heavy atom. The Balaban J connectivity index is 2.75. The first kappa shape index (κ1) is 17.5. The van der Waals surface area contributed by atoms with Crippen LogP contribution >= 0.6 is 34.8 Å².